The number of rotatable bonds is 3. The molecule has 0 radical (unpaired) electrons. The minimum absolute atomic E-state index is 0.142. The standard InChI is InChI=1S/C16H18IO.CHF3O3S/c1-16(2,3)18-15-12-8-7-11-14(15)17-13-9-5-4-6-10-13;2-1(3,4)8(5,6)7/h4-12H,1-3H3;(H,5,6,7)/q+1;/p-1. The fraction of sp³-hybridized carbons (Fsp3) is 0.294. The van der Waals surface area contributed by atoms with Crippen LogP contribution in [0.4, 0.5) is 13.2 Å². The van der Waals surface area contributed by atoms with Crippen molar-refractivity contribution < 1.29 is 52.1 Å². The number of ether oxygens (including phenoxy) is 1. The molecule has 0 aliphatic heterocycles. The molecule has 0 aromatic heterocycles. The predicted octanol–water partition coefficient (Wildman–Crippen LogP) is 1.04. The average Bonchev–Trinajstić information content (AvgIpc) is 2.47. The van der Waals surface area contributed by atoms with Gasteiger partial charge in [-0.15, -0.1) is 0 Å². The van der Waals surface area contributed by atoms with E-state index in [1.54, 1.807) is 0 Å². The Morgan fingerprint density at radius 2 is 1.38 bits per heavy atom. The van der Waals surface area contributed by atoms with Gasteiger partial charge in [0.25, 0.3) is 0 Å². The summed E-state index contributed by atoms with van der Waals surface area (Å²) in [4.78, 5) is 0. The Hall–Kier alpha value is -1.33. The lowest BCUT2D eigenvalue weighted by Gasteiger charge is -2.20. The number of hydrogen-bond donors (Lipinski definition) is 0. The third kappa shape index (κ3) is 8.37. The van der Waals surface area contributed by atoms with Gasteiger partial charge in [0.2, 0.25) is 3.57 Å². The van der Waals surface area contributed by atoms with Gasteiger partial charge in [-0.1, -0.05) is 30.3 Å². The Morgan fingerprint density at radius 1 is 0.923 bits per heavy atom. The summed E-state index contributed by atoms with van der Waals surface area (Å²) in [5, 5.41) is 0. The summed E-state index contributed by atoms with van der Waals surface area (Å²) in [6.45, 7) is 6.26. The molecule has 2 rings (SSSR count). The molecular weight excluding hydrogens is 484 g/mol. The average molecular weight is 502 g/mol. The minimum atomic E-state index is -6.09. The molecular formula is C17H18F3IO4S. The van der Waals surface area contributed by atoms with Crippen molar-refractivity contribution in [3.63, 3.8) is 0 Å². The van der Waals surface area contributed by atoms with E-state index in [9.17, 15) is 13.2 Å². The van der Waals surface area contributed by atoms with Crippen LogP contribution in [-0.2, 0) is 10.1 Å². The van der Waals surface area contributed by atoms with Gasteiger partial charge in [-0.3, -0.25) is 0 Å². The molecule has 0 atom stereocenters. The molecule has 0 heterocycles. The van der Waals surface area contributed by atoms with Crippen molar-refractivity contribution in [3.8, 4) is 5.75 Å². The second-order valence-electron chi connectivity index (χ2n) is 5.93. The lowest BCUT2D eigenvalue weighted by Crippen LogP contribution is -3.61. The lowest BCUT2D eigenvalue weighted by molar-refractivity contribution is -0.598. The van der Waals surface area contributed by atoms with Gasteiger partial charge in [-0.05, 0) is 45.0 Å². The van der Waals surface area contributed by atoms with Crippen LogP contribution in [0.15, 0.2) is 54.6 Å². The Morgan fingerprint density at radius 3 is 1.85 bits per heavy atom. The third-order valence-corrected chi connectivity index (χ3v) is 5.86. The molecule has 0 amide bonds. The molecule has 4 nitrogen and oxygen atoms in total. The summed E-state index contributed by atoms with van der Waals surface area (Å²) >= 11 is -0.173. The van der Waals surface area contributed by atoms with Gasteiger partial charge in [-0.2, -0.15) is 13.2 Å². The number of hydrogen-bond acceptors (Lipinski definition) is 4. The smallest absolute Gasteiger partial charge is 0.485 e. The molecule has 26 heavy (non-hydrogen) atoms. The zero-order valence-electron chi connectivity index (χ0n) is 14.2. The van der Waals surface area contributed by atoms with Gasteiger partial charge in [-0.25, -0.2) is 8.42 Å². The lowest BCUT2D eigenvalue weighted by atomic mass is 10.2. The number of benzene rings is 2. The second-order valence-corrected chi connectivity index (χ2v) is 10.3. The highest BCUT2D eigenvalue weighted by Crippen LogP contribution is 2.20. The topological polar surface area (TPSA) is 66.4 Å². The van der Waals surface area contributed by atoms with Crippen molar-refractivity contribution in [2.24, 2.45) is 0 Å². The van der Waals surface area contributed by atoms with Gasteiger partial charge in [0, 0.05) is 0 Å². The van der Waals surface area contributed by atoms with Crippen LogP contribution >= 0.6 is 0 Å². The first-order valence-corrected chi connectivity index (χ1v) is 10.9. The van der Waals surface area contributed by atoms with Crippen LogP contribution in [0.1, 0.15) is 20.8 Å². The maximum absolute atomic E-state index is 10.7. The molecule has 0 spiro atoms. The Bertz CT molecular complexity index is 801. The molecule has 0 bridgehead atoms. The zero-order chi connectivity index (χ0) is 20.0. The molecule has 2 aromatic rings. The maximum atomic E-state index is 10.7. The van der Waals surface area contributed by atoms with Crippen molar-refractivity contribution in [1.29, 1.82) is 0 Å². The molecule has 0 aliphatic rings. The Labute approximate surface area is 161 Å². The summed E-state index contributed by atoms with van der Waals surface area (Å²) in [6.07, 6.45) is 0. The van der Waals surface area contributed by atoms with Gasteiger partial charge in [0.1, 0.15) is 5.60 Å². The first kappa shape index (κ1) is 22.7. The van der Waals surface area contributed by atoms with Crippen LogP contribution in [0.2, 0.25) is 0 Å². The van der Waals surface area contributed by atoms with Gasteiger partial charge >= 0.3 is 26.7 Å². The van der Waals surface area contributed by atoms with Crippen LogP contribution < -0.4 is 25.9 Å². The molecule has 0 N–H and O–H groups in total. The second kappa shape index (κ2) is 9.05. The summed E-state index contributed by atoms with van der Waals surface area (Å²) in [5.74, 6) is 1.03. The summed E-state index contributed by atoms with van der Waals surface area (Å²) in [5.41, 5.74) is -5.79. The van der Waals surface area contributed by atoms with E-state index in [-0.39, 0.29) is 26.8 Å². The van der Waals surface area contributed by atoms with Crippen molar-refractivity contribution in [2.75, 3.05) is 0 Å². The monoisotopic (exact) mass is 502 g/mol. The van der Waals surface area contributed by atoms with Crippen LogP contribution in [0.5, 0.6) is 5.75 Å². The Balaban J connectivity index is 0.000000359. The third-order valence-electron chi connectivity index (χ3n) is 2.48. The maximum Gasteiger partial charge on any atom is 0.485 e. The van der Waals surface area contributed by atoms with E-state index < -0.39 is 15.6 Å². The molecule has 0 aliphatic carbocycles. The van der Waals surface area contributed by atoms with E-state index in [1.807, 2.05) is 6.07 Å². The highest BCUT2D eigenvalue weighted by molar-refractivity contribution is 7.86. The molecule has 2 aromatic carbocycles. The van der Waals surface area contributed by atoms with E-state index in [0.29, 0.717) is 0 Å². The van der Waals surface area contributed by atoms with Crippen LogP contribution in [-0.4, -0.2) is 24.1 Å². The van der Waals surface area contributed by atoms with Crippen molar-refractivity contribution in [3.05, 3.63) is 61.7 Å². The molecule has 0 saturated heterocycles. The van der Waals surface area contributed by atoms with Crippen molar-refractivity contribution in [1.82, 2.24) is 0 Å². The molecule has 9 heteroatoms. The van der Waals surface area contributed by atoms with E-state index in [1.165, 1.54) is 7.14 Å². The first-order valence-electron chi connectivity index (χ1n) is 7.30. The largest absolute Gasteiger partial charge is 0.741 e. The van der Waals surface area contributed by atoms with Crippen molar-refractivity contribution >= 4 is 10.1 Å². The fourth-order valence-electron chi connectivity index (χ4n) is 1.53. The van der Waals surface area contributed by atoms with E-state index in [0.717, 1.165) is 5.75 Å². The van der Waals surface area contributed by atoms with Crippen molar-refractivity contribution in [2.45, 2.75) is 31.9 Å². The molecule has 0 saturated carbocycles. The number of alkyl halides is 3. The van der Waals surface area contributed by atoms with Gasteiger partial charge < -0.3 is 9.29 Å². The summed E-state index contributed by atoms with van der Waals surface area (Å²) in [7, 11) is -6.09. The van der Waals surface area contributed by atoms with E-state index in [4.69, 9.17) is 17.7 Å². The van der Waals surface area contributed by atoms with Crippen LogP contribution in [0.25, 0.3) is 0 Å². The number of halogens is 4. The quantitative estimate of drug-likeness (QED) is 0.358. The number of para-hydroxylation sites is 1. The highest BCUT2D eigenvalue weighted by atomic mass is 127. The summed E-state index contributed by atoms with van der Waals surface area (Å²) < 4.78 is 67.7. The normalized spacial score (nSPS) is 12.1. The van der Waals surface area contributed by atoms with Gasteiger partial charge in [0.05, 0.1) is 0 Å². The molecule has 144 valence electrons. The summed E-state index contributed by atoms with van der Waals surface area (Å²) in [6, 6.07) is 19.0. The first-order chi connectivity index (χ1) is 11.8. The van der Waals surface area contributed by atoms with Crippen LogP contribution in [0, 0.1) is 7.14 Å². The van der Waals surface area contributed by atoms with E-state index >= 15 is 0 Å². The fourth-order valence-corrected chi connectivity index (χ4v) is 3.92. The zero-order valence-corrected chi connectivity index (χ0v) is 17.2. The van der Waals surface area contributed by atoms with E-state index in [2.05, 4.69) is 69.3 Å². The Kier molecular flexibility index (Phi) is 7.90. The SMILES string of the molecule is CC(C)(C)Oc1ccccc1[I+]c1ccccc1.O=S(=O)([O-])C(F)(F)F. The van der Waals surface area contributed by atoms with Crippen LogP contribution in [0.3, 0.4) is 0 Å². The highest BCUT2D eigenvalue weighted by Gasteiger charge is 2.36. The molecule has 0 unspecified atom stereocenters. The predicted molar refractivity (Wildman–Crippen MR) is 86.4 cm³/mol. The molecule has 0 fully saturated rings. The van der Waals surface area contributed by atoms with Gasteiger partial charge in [0.15, 0.2) is 19.4 Å². The minimum Gasteiger partial charge on any atom is -0.741 e.